The molecule has 3 nitrogen and oxygen atoms in total. The first-order chi connectivity index (χ1) is 9.80. The van der Waals surface area contributed by atoms with Crippen LogP contribution in [0.25, 0.3) is 0 Å². The van der Waals surface area contributed by atoms with Crippen molar-refractivity contribution >= 4 is 0 Å². The minimum atomic E-state index is -0.205. The molecule has 1 aromatic rings. The molecule has 4 saturated carbocycles. The number of hydrogen-bond donors (Lipinski definition) is 1. The Balaban J connectivity index is 1.61. The van der Waals surface area contributed by atoms with E-state index in [1.54, 1.807) is 0 Å². The second-order valence-corrected chi connectivity index (χ2v) is 9.23. The van der Waals surface area contributed by atoms with Crippen LogP contribution in [0, 0.1) is 22.2 Å². The molecule has 0 amide bonds. The summed E-state index contributed by atoms with van der Waals surface area (Å²) in [6, 6.07) is 0. The van der Waals surface area contributed by atoms with Crippen molar-refractivity contribution in [1.82, 2.24) is 9.78 Å². The van der Waals surface area contributed by atoms with E-state index in [0.29, 0.717) is 10.8 Å². The van der Waals surface area contributed by atoms with E-state index in [1.807, 2.05) is 24.1 Å². The molecule has 1 heterocycles. The second-order valence-electron chi connectivity index (χ2n) is 9.23. The maximum Gasteiger partial charge on any atom is 0.0638 e. The molecule has 4 aliphatic carbocycles. The van der Waals surface area contributed by atoms with E-state index < -0.39 is 0 Å². The molecule has 1 aromatic heterocycles. The van der Waals surface area contributed by atoms with Gasteiger partial charge in [-0.05, 0) is 66.3 Å². The lowest BCUT2D eigenvalue weighted by Gasteiger charge is -2.66. The second kappa shape index (κ2) is 4.13. The van der Waals surface area contributed by atoms with E-state index >= 15 is 0 Å². The molecule has 3 atom stereocenters. The Morgan fingerprint density at radius 2 is 1.90 bits per heavy atom. The van der Waals surface area contributed by atoms with Crippen LogP contribution < -0.4 is 0 Å². The summed E-state index contributed by atoms with van der Waals surface area (Å²) in [7, 11) is 1.95. The third kappa shape index (κ3) is 2.16. The zero-order valence-electron chi connectivity index (χ0n) is 13.6. The van der Waals surface area contributed by atoms with E-state index in [1.165, 1.54) is 44.1 Å². The van der Waals surface area contributed by atoms with Crippen molar-refractivity contribution in [3.63, 3.8) is 0 Å². The van der Waals surface area contributed by atoms with E-state index in [4.69, 9.17) is 0 Å². The minimum absolute atomic E-state index is 0.165. The van der Waals surface area contributed by atoms with Gasteiger partial charge in [0.25, 0.3) is 0 Å². The molecule has 1 N–H and O–H groups in total. The molecule has 116 valence electrons. The Morgan fingerprint density at radius 1 is 1.24 bits per heavy atom. The van der Waals surface area contributed by atoms with Crippen LogP contribution >= 0.6 is 0 Å². The van der Waals surface area contributed by atoms with Gasteiger partial charge in [0.15, 0.2) is 0 Å². The van der Waals surface area contributed by atoms with Crippen LogP contribution in [-0.4, -0.2) is 21.0 Å². The number of aliphatic hydroxyl groups excluding tert-OH is 1. The van der Waals surface area contributed by atoms with Crippen LogP contribution in [0.4, 0.5) is 0 Å². The van der Waals surface area contributed by atoms with Crippen LogP contribution in [-0.2, 0) is 13.5 Å². The quantitative estimate of drug-likeness (QED) is 0.926. The highest BCUT2D eigenvalue weighted by molar-refractivity contribution is 5.15. The van der Waals surface area contributed by atoms with E-state index in [-0.39, 0.29) is 11.5 Å². The van der Waals surface area contributed by atoms with Crippen molar-refractivity contribution in [2.24, 2.45) is 29.2 Å². The van der Waals surface area contributed by atoms with Crippen molar-refractivity contribution in [2.45, 2.75) is 64.9 Å². The average molecular weight is 288 g/mol. The lowest BCUT2D eigenvalue weighted by molar-refractivity contribution is -0.184. The van der Waals surface area contributed by atoms with Crippen LogP contribution in [0.3, 0.4) is 0 Å². The normalized spacial score (nSPS) is 46.0. The molecule has 0 aliphatic heterocycles. The molecule has 0 radical (unpaired) electrons. The van der Waals surface area contributed by atoms with Crippen molar-refractivity contribution in [1.29, 1.82) is 0 Å². The summed E-state index contributed by atoms with van der Waals surface area (Å²) in [5.41, 5.74) is 2.29. The van der Waals surface area contributed by atoms with Gasteiger partial charge in [0.2, 0.25) is 0 Å². The van der Waals surface area contributed by atoms with Gasteiger partial charge in [0.1, 0.15) is 0 Å². The van der Waals surface area contributed by atoms with Crippen LogP contribution in [0.2, 0.25) is 0 Å². The molecular formula is C18H28N2O. The standard InChI is InChI=1S/C18H28N2O/c1-16-5-14-6-17(2,10-16)12-18(7-14,11-16)15(21)4-13-8-19-20(3)9-13/h8-9,14-15,21H,4-7,10-12H2,1-3H3. The topological polar surface area (TPSA) is 38.0 Å². The molecule has 4 bridgehead atoms. The fourth-order valence-corrected chi connectivity index (χ4v) is 6.92. The Hall–Kier alpha value is -0.830. The molecular weight excluding hydrogens is 260 g/mol. The molecule has 4 fully saturated rings. The molecule has 0 aromatic carbocycles. The fourth-order valence-electron chi connectivity index (χ4n) is 6.92. The number of nitrogens with zero attached hydrogens (tertiary/aromatic N) is 2. The Bertz CT molecular complexity index is 545. The summed E-state index contributed by atoms with van der Waals surface area (Å²) in [5, 5.41) is 15.3. The minimum Gasteiger partial charge on any atom is -0.392 e. The third-order valence-electron chi connectivity index (χ3n) is 6.56. The highest BCUT2D eigenvalue weighted by Crippen LogP contribution is 2.70. The number of aliphatic hydroxyl groups is 1. The summed E-state index contributed by atoms with van der Waals surface area (Å²) in [6.45, 7) is 4.95. The largest absolute Gasteiger partial charge is 0.392 e. The Morgan fingerprint density at radius 3 is 2.43 bits per heavy atom. The lowest BCUT2D eigenvalue weighted by Crippen LogP contribution is -2.59. The SMILES string of the molecule is Cn1cc(CC(O)C23CC4CC(C)(CC(C)(C4)C2)C3)cn1. The highest BCUT2D eigenvalue weighted by Gasteiger charge is 2.61. The summed E-state index contributed by atoms with van der Waals surface area (Å²) in [4.78, 5) is 0. The summed E-state index contributed by atoms with van der Waals surface area (Å²) in [6.07, 6.45) is 12.4. The van der Waals surface area contributed by atoms with Gasteiger partial charge in [-0.2, -0.15) is 5.10 Å². The fraction of sp³-hybridized carbons (Fsp3) is 0.833. The number of hydrogen-bond acceptors (Lipinski definition) is 2. The molecule has 0 saturated heterocycles. The van der Waals surface area contributed by atoms with Gasteiger partial charge in [-0.15, -0.1) is 0 Å². The average Bonchev–Trinajstić information content (AvgIpc) is 2.69. The molecule has 0 spiro atoms. The van der Waals surface area contributed by atoms with Gasteiger partial charge >= 0.3 is 0 Å². The zero-order chi connectivity index (χ0) is 14.9. The lowest BCUT2D eigenvalue weighted by atomic mass is 9.39. The van der Waals surface area contributed by atoms with Gasteiger partial charge in [0, 0.05) is 19.7 Å². The predicted octanol–water partition coefficient (Wildman–Crippen LogP) is 3.32. The number of rotatable bonds is 3. The van der Waals surface area contributed by atoms with Gasteiger partial charge in [-0.3, -0.25) is 4.68 Å². The number of aromatic nitrogens is 2. The summed E-state index contributed by atoms with van der Waals surface area (Å²) >= 11 is 0. The van der Waals surface area contributed by atoms with Crippen LogP contribution in [0.1, 0.15) is 57.9 Å². The third-order valence-corrected chi connectivity index (χ3v) is 6.56. The zero-order valence-corrected chi connectivity index (χ0v) is 13.6. The van der Waals surface area contributed by atoms with Gasteiger partial charge in [0.05, 0.1) is 12.3 Å². The van der Waals surface area contributed by atoms with Crippen LogP contribution in [0.5, 0.6) is 0 Å². The summed E-state index contributed by atoms with van der Waals surface area (Å²) < 4.78 is 1.84. The van der Waals surface area contributed by atoms with Crippen LogP contribution in [0.15, 0.2) is 12.4 Å². The maximum atomic E-state index is 11.1. The van der Waals surface area contributed by atoms with Gasteiger partial charge < -0.3 is 5.11 Å². The number of aryl methyl sites for hydroxylation is 1. The van der Waals surface area contributed by atoms with Gasteiger partial charge in [-0.25, -0.2) is 0 Å². The smallest absolute Gasteiger partial charge is 0.0638 e. The first-order valence-electron chi connectivity index (χ1n) is 8.46. The first kappa shape index (κ1) is 13.8. The molecule has 3 heteroatoms. The van der Waals surface area contributed by atoms with E-state index in [0.717, 1.165) is 12.3 Å². The predicted molar refractivity (Wildman–Crippen MR) is 82.8 cm³/mol. The van der Waals surface area contributed by atoms with Crippen molar-refractivity contribution < 1.29 is 5.11 Å². The highest BCUT2D eigenvalue weighted by atomic mass is 16.3. The maximum absolute atomic E-state index is 11.1. The van der Waals surface area contributed by atoms with Crippen molar-refractivity contribution in [3.8, 4) is 0 Å². The Labute approximate surface area is 127 Å². The van der Waals surface area contributed by atoms with Crippen molar-refractivity contribution in [2.75, 3.05) is 0 Å². The van der Waals surface area contributed by atoms with E-state index in [9.17, 15) is 5.11 Å². The Kier molecular flexibility index (Phi) is 2.71. The molecule has 4 aliphatic rings. The molecule has 3 unspecified atom stereocenters. The molecule has 21 heavy (non-hydrogen) atoms. The summed E-state index contributed by atoms with van der Waals surface area (Å²) in [5.74, 6) is 0.847. The monoisotopic (exact) mass is 288 g/mol. The van der Waals surface area contributed by atoms with E-state index in [2.05, 4.69) is 18.9 Å². The first-order valence-corrected chi connectivity index (χ1v) is 8.46. The molecule has 5 rings (SSSR count). The van der Waals surface area contributed by atoms with Crippen molar-refractivity contribution in [3.05, 3.63) is 18.0 Å². The van der Waals surface area contributed by atoms with Gasteiger partial charge in [-0.1, -0.05) is 13.8 Å².